The zero-order chi connectivity index (χ0) is 14.8. The highest BCUT2D eigenvalue weighted by Crippen LogP contribution is 2.42. The van der Waals surface area contributed by atoms with Crippen molar-refractivity contribution in [2.45, 2.75) is 65.1 Å². The highest BCUT2D eigenvalue weighted by atomic mass is 16.5. The minimum Gasteiger partial charge on any atom is -0.491 e. The molecule has 1 aromatic carbocycles. The summed E-state index contributed by atoms with van der Waals surface area (Å²) in [5.74, 6) is 2.36. The Morgan fingerprint density at radius 1 is 1.05 bits per heavy atom. The van der Waals surface area contributed by atoms with Crippen molar-refractivity contribution in [2.75, 3.05) is 0 Å². The molecular weight excluding hydrogens is 248 g/mol. The number of hydrogen-bond acceptors (Lipinski definition) is 2. The lowest BCUT2D eigenvalue weighted by Crippen LogP contribution is -2.32. The highest BCUT2D eigenvalue weighted by molar-refractivity contribution is 5.31. The highest BCUT2D eigenvalue weighted by Gasteiger charge is 2.35. The Hall–Kier alpha value is -1.02. The standard InChI is InChI=1S/C18H28O2/c1-13(2)15-9-11-18(19,12-10-15)16-5-7-17(8-6-16)20-14(3)4/h5-8,13-15,19H,9-12H2,1-4H3. The molecule has 2 heteroatoms. The molecule has 0 atom stereocenters. The quantitative estimate of drug-likeness (QED) is 0.877. The summed E-state index contributed by atoms with van der Waals surface area (Å²) < 4.78 is 5.66. The maximum atomic E-state index is 10.9. The summed E-state index contributed by atoms with van der Waals surface area (Å²) in [5.41, 5.74) is 0.401. The van der Waals surface area contributed by atoms with E-state index in [0.717, 1.165) is 48.8 Å². The van der Waals surface area contributed by atoms with Gasteiger partial charge in [-0.3, -0.25) is 0 Å². The monoisotopic (exact) mass is 276 g/mol. The van der Waals surface area contributed by atoms with E-state index < -0.39 is 5.60 Å². The molecule has 0 unspecified atom stereocenters. The van der Waals surface area contributed by atoms with E-state index in [2.05, 4.69) is 13.8 Å². The van der Waals surface area contributed by atoms with Gasteiger partial charge in [-0.2, -0.15) is 0 Å². The fourth-order valence-electron chi connectivity index (χ4n) is 3.19. The first-order valence-corrected chi connectivity index (χ1v) is 7.90. The van der Waals surface area contributed by atoms with Crippen LogP contribution in [0.3, 0.4) is 0 Å². The molecule has 0 aliphatic heterocycles. The summed E-state index contributed by atoms with van der Waals surface area (Å²) in [4.78, 5) is 0. The van der Waals surface area contributed by atoms with Gasteiger partial charge in [0.2, 0.25) is 0 Å². The number of benzene rings is 1. The minimum atomic E-state index is -0.637. The second kappa shape index (κ2) is 6.17. The van der Waals surface area contributed by atoms with Crippen LogP contribution in [-0.2, 0) is 5.60 Å². The molecule has 1 aromatic rings. The van der Waals surface area contributed by atoms with Crippen molar-refractivity contribution in [2.24, 2.45) is 11.8 Å². The molecule has 0 heterocycles. The van der Waals surface area contributed by atoms with E-state index in [0.29, 0.717) is 0 Å². The third kappa shape index (κ3) is 3.54. The largest absolute Gasteiger partial charge is 0.491 e. The average molecular weight is 276 g/mol. The van der Waals surface area contributed by atoms with E-state index >= 15 is 0 Å². The van der Waals surface area contributed by atoms with Gasteiger partial charge in [-0.1, -0.05) is 26.0 Å². The topological polar surface area (TPSA) is 29.5 Å². The fraction of sp³-hybridized carbons (Fsp3) is 0.667. The Morgan fingerprint density at radius 2 is 1.60 bits per heavy atom. The van der Waals surface area contributed by atoms with Crippen molar-refractivity contribution in [3.63, 3.8) is 0 Å². The first kappa shape index (κ1) is 15.4. The number of aliphatic hydroxyl groups is 1. The molecule has 0 amide bonds. The minimum absolute atomic E-state index is 0.186. The van der Waals surface area contributed by atoms with E-state index in [1.165, 1.54) is 0 Å². The molecule has 1 aliphatic rings. The van der Waals surface area contributed by atoms with Gasteiger partial charge in [-0.05, 0) is 69.1 Å². The molecular formula is C18H28O2. The van der Waals surface area contributed by atoms with Crippen molar-refractivity contribution in [1.29, 1.82) is 0 Å². The van der Waals surface area contributed by atoms with Crippen molar-refractivity contribution in [3.8, 4) is 5.75 Å². The molecule has 0 aromatic heterocycles. The lowest BCUT2D eigenvalue weighted by atomic mass is 9.72. The van der Waals surface area contributed by atoms with E-state index in [9.17, 15) is 5.11 Å². The molecule has 1 saturated carbocycles. The SMILES string of the molecule is CC(C)Oc1ccc(C2(O)CCC(C(C)C)CC2)cc1. The first-order valence-electron chi connectivity index (χ1n) is 7.90. The van der Waals surface area contributed by atoms with E-state index in [-0.39, 0.29) is 6.10 Å². The molecule has 1 fully saturated rings. The summed E-state index contributed by atoms with van der Waals surface area (Å²) in [5, 5.41) is 10.9. The Bertz CT molecular complexity index is 412. The van der Waals surface area contributed by atoms with Crippen molar-refractivity contribution >= 4 is 0 Å². The lowest BCUT2D eigenvalue weighted by Gasteiger charge is -2.38. The number of rotatable bonds is 4. The van der Waals surface area contributed by atoms with Gasteiger partial charge in [-0.25, -0.2) is 0 Å². The molecule has 112 valence electrons. The first-order chi connectivity index (χ1) is 9.40. The van der Waals surface area contributed by atoms with Crippen LogP contribution < -0.4 is 4.74 Å². The Labute approximate surface area is 123 Å². The van der Waals surface area contributed by atoms with E-state index in [1.807, 2.05) is 38.1 Å². The summed E-state index contributed by atoms with van der Waals surface area (Å²) in [7, 11) is 0. The summed E-state index contributed by atoms with van der Waals surface area (Å²) in [6.07, 6.45) is 4.18. The predicted molar refractivity (Wildman–Crippen MR) is 82.9 cm³/mol. The smallest absolute Gasteiger partial charge is 0.119 e. The average Bonchev–Trinajstić information content (AvgIpc) is 2.39. The lowest BCUT2D eigenvalue weighted by molar-refractivity contribution is -0.0200. The molecule has 2 rings (SSSR count). The van der Waals surface area contributed by atoms with Crippen LogP contribution in [-0.4, -0.2) is 11.2 Å². The van der Waals surface area contributed by atoms with Gasteiger partial charge < -0.3 is 9.84 Å². The molecule has 1 aliphatic carbocycles. The van der Waals surface area contributed by atoms with Gasteiger partial charge in [0.15, 0.2) is 0 Å². The zero-order valence-corrected chi connectivity index (χ0v) is 13.2. The van der Waals surface area contributed by atoms with Crippen LogP contribution in [0.25, 0.3) is 0 Å². The third-order valence-electron chi connectivity index (χ3n) is 4.56. The van der Waals surface area contributed by atoms with Crippen molar-refractivity contribution in [3.05, 3.63) is 29.8 Å². The van der Waals surface area contributed by atoms with Crippen LogP contribution in [0.5, 0.6) is 5.75 Å². The summed E-state index contributed by atoms with van der Waals surface area (Å²) in [6.45, 7) is 8.61. The van der Waals surface area contributed by atoms with Crippen LogP contribution in [0.4, 0.5) is 0 Å². The normalized spacial score (nSPS) is 27.1. The van der Waals surface area contributed by atoms with Gasteiger partial charge >= 0.3 is 0 Å². The van der Waals surface area contributed by atoms with Crippen molar-refractivity contribution < 1.29 is 9.84 Å². The van der Waals surface area contributed by atoms with Gasteiger partial charge in [-0.15, -0.1) is 0 Å². The summed E-state index contributed by atoms with van der Waals surface area (Å²) in [6, 6.07) is 7.99. The Balaban J connectivity index is 2.04. The van der Waals surface area contributed by atoms with E-state index in [1.54, 1.807) is 0 Å². The summed E-state index contributed by atoms with van der Waals surface area (Å²) >= 11 is 0. The molecule has 2 nitrogen and oxygen atoms in total. The predicted octanol–water partition coefficient (Wildman–Crippen LogP) is 4.51. The van der Waals surface area contributed by atoms with Crippen molar-refractivity contribution in [1.82, 2.24) is 0 Å². The molecule has 20 heavy (non-hydrogen) atoms. The maximum Gasteiger partial charge on any atom is 0.119 e. The zero-order valence-electron chi connectivity index (χ0n) is 13.2. The molecule has 1 N–H and O–H groups in total. The van der Waals surface area contributed by atoms with E-state index in [4.69, 9.17) is 4.74 Å². The third-order valence-corrected chi connectivity index (χ3v) is 4.56. The van der Waals surface area contributed by atoms with Gasteiger partial charge in [0.1, 0.15) is 5.75 Å². The van der Waals surface area contributed by atoms with Gasteiger partial charge in [0.05, 0.1) is 11.7 Å². The molecule has 0 spiro atoms. The Kier molecular flexibility index (Phi) is 4.74. The van der Waals surface area contributed by atoms with Crippen LogP contribution in [0.15, 0.2) is 24.3 Å². The second-order valence-electron chi connectivity index (χ2n) is 6.80. The number of hydrogen-bond donors (Lipinski definition) is 1. The molecule has 0 bridgehead atoms. The number of ether oxygens (including phenoxy) is 1. The van der Waals surface area contributed by atoms with Crippen LogP contribution >= 0.6 is 0 Å². The fourth-order valence-corrected chi connectivity index (χ4v) is 3.19. The Morgan fingerprint density at radius 3 is 2.05 bits per heavy atom. The van der Waals surface area contributed by atoms with Gasteiger partial charge in [0.25, 0.3) is 0 Å². The maximum absolute atomic E-state index is 10.9. The van der Waals surface area contributed by atoms with Crippen LogP contribution in [0, 0.1) is 11.8 Å². The van der Waals surface area contributed by atoms with Crippen LogP contribution in [0.1, 0.15) is 58.9 Å². The molecule has 0 saturated heterocycles. The van der Waals surface area contributed by atoms with Gasteiger partial charge in [0, 0.05) is 0 Å². The molecule has 0 radical (unpaired) electrons. The second-order valence-corrected chi connectivity index (χ2v) is 6.80. The van der Waals surface area contributed by atoms with Crippen LogP contribution in [0.2, 0.25) is 0 Å².